The Bertz CT molecular complexity index is 553. The van der Waals surface area contributed by atoms with Crippen molar-refractivity contribution in [2.45, 2.75) is 6.92 Å². The lowest BCUT2D eigenvalue weighted by Gasteiger charge is -2.01. The van der Waals surface area contributed by atoms with Crippen molar-refractivity contribution < 1.29 is 4.79 Å². The van der Waals surface area contributed by atoms with E-state index in [0.29, 0.717) is 11.1 Å². The van der Waals surface area contributed by atoms with Gasteiger partial charge < -0.3 is 4.57 Å². The van der Waals surface area contributed by atoms with Gasteiger partial charge in [-0.1, -0.05) is 30.3 Å². The van der Waals surface area contributed by atoms with E-state index < -0.39 is 0 Å². The highest BCUT2D eigenvalue weighted by molar-refractivity contribution is 6.10. The Balaban J connectivity index is 2.27. The fourth-order valence-electron chi connectivity index (χ4n) is 1.61. The number of allylic oxidation sites excluding steroid dienone is 1. The minimum absolute atomic E-state index is 0.0480. The Morgan fingerprint density at radius 3 is 2.59 bits per heavy atom. The highest BCUT2D eigenvalue weighted by Crippen LogP contribution is 2.11. The van der Waals surface area contributed by atoms with Crippen LogP contribution in [0, 0.1) is 0 Å². The summed E-state index contributed by atoms with van der Waals surface area (Å²) in [5, 5.41) is 0. The van der Waals surface area contributed by atoms with Gasteiger partial charge in [-0.15, -0.1) is 0 Å². The van der Waals surface area contributed by atoms with Gasteiger partial charge >= 0.3 is 0 Å². The molecule has 1 aromatic heterocycles. The molecule has 0 spiro atoms. The zero-order chi connectivity index (χ0) is 12.3. The first-order chi connectivity index (χ1) is 8.18. The van der Waals surface area contributed by atoms with E-state index in [1.807, 2.05) is 54.9 Å². The molecule has 1 heterocycles. The molecule has 3 nitrogen and oxygen atoms in total. The third kappa shape index (κ3) is 2.50. The first-order valence-electron chi connectivity index (χ1n) is 5.43. The summed E-state index contributed by atoms with van der Waals surface area (Å²) in [5.41, 5.74) is 2.34. The standard InChI is InChI=1S/C14H14N2O/c1-11(8-13-9-15-10-16(13)2)14(17)12-6-4-3-5-7-12/h3-10H,1-2H3/b11-8+. The van der Waals surface area contributed by atoms with E-state index in [2.05, 4.69) is 4.98 Å². The van der Waals surface area contributed by atoms with Crippen LogP contribution in [-0.2, 0) is 7.05 Å². The first-order valence-corrected chi connectivity index (χ1v) is 5.43. The number of imidazole rings is 1. The second kappa shape index (κ2) is 4.78. The van der Waals surface area contributed by atoms with Crippen molar-refractivity contribution in [2.75, 3.05) is 0 Å². The monoisotopic (exact) mass is 226 g/mol. The summed E-state index contributed by atoms with van der Waals surface area (Å²) in [6.07, 6.45) is 5.30. The van der Waals surface area contributed by atoms with Crippen LogP contribution < -0.4 is 0 Å². The number of carbonyl (C=O) groups is 1. The topological polar surface area (TPSA) is 34.9 Å². The Labute approximate surface area is 100 Å². The van der Waals surface area contributed by atoms with Gasteiger partial charge in [0.05, 0.1) is 18.2 Å². The first kappa shape index (κ1) is 11.3. The van der Waals surface area contributed by atoms with E-state index in [0.717, 1.165) is 5.69 Å². The molecule has 0 aliphatic heterocycles. The molecular formula is C14H14N2O. The average molecular weight is 226 g/mol. The second-order valence-corrected chi connectivity index (χ2v) is 3.95. The third-order valence-corrected chi connectivity index (χ3v) is 2.61. The van der Waals surface area contributed by atoms with Gasteiger partial charge in [-0.3, -0.25) is 4.79 Å². The number of ketones is 1. The highest BCUT2D eigenvalue weighted by atomic mass is 16.1. The molecule has 1 aromatic carbocycles. The number of benzene rings is 1. The van der Waals surface area contributed by atoms with Crippen molar-refractivity contribution in [3.8, 4) is 0 Å². The molecule has 0 radical (unpaired) electrons. The molecule has 0 unspecified atom stereocenters. The Morgan fingerprint density at radius 2 is 2.00 bits per heavy atom. The van der Waals surface area contributed by atoms with Crippen molar-refractivity contribution in [2.24, 2.45) is 7.05 Å². The number of aromatic nitrogens is 2. The predicted octanol–water partition coefficient (Wildman–Crippen LogP) is 2.71. The van der Waals surface area contributed by atoms with Gasteiger partial charge in [0.1, 0.15) is 0 Å². The van der Waals surface area contributed by atoms with Crippen LogP contribution in [0.2, 0.25) is 0 Å². The zero-order valence-corrected chi connectivity index (χ0v) is 9.92. The number of nitrogens with zero attached hydrogens (tertiary/aromatic N) is 2. The molecule has 3 heteroatoms. The maximum Gasteiger partial charge on any atom is 0.188 e. The maximum atomic E-state index is 12.1. The molecule has 0 saturated carbocycles. The number of carbonyl (C=O) groups excluding carboxylic acids is 1. The van der Waals surface area contributed by atoms with Crippen molar-refractivity contribution >= 4 is 11.9 Å². The lowest BCUT2D eigenvalue weighted by molar-refractivity contribution is 0.103. The third-order valence-electron chi connectivity index (χ3n) is 2.61. The molecular weight excluding hydrogens is 212 g/mol. The molecule has 86 valence electrons. The van der Waals surface area contributed by atoms with E-state index in [1.54, 1.807) is 12.5 Å². The van der Waals surface area contributed by atoms with Crippen LogP contribution in [0.5, 0.6) is 0 Å². The summed E-state index contributed by atoms with van der Waals surface area (Å²) >= 11 is 0. The van der Waals surface area contributed by atoms with E-state index in [-0.39, 0.29) is 5.78 Å². The van der Waals surface area contributed by atoms with Crippen LogP contribution in [0.4, 0.5) is 0 Å². The molecule has 17 heavy (non-hydrogen) atoms. The van der Waals surface area contributed by atoms with E-state index >= 15 is 0 Å². The summed E-state index contributed by atoms with van der Waals surface area (Å²) in [6, 6.07) is 9.28. The quantitative estimate of drug-likeness (QED) is 0.595. The van der Waals surface area contributed by atoms with Crippen LogP contribution in [0.1, 0.15) is 23.0 Å². The Hall–Kier alpha value is -2.16. The molecule has 0 amide bonds. The minimum atomic E-state index is 0.0480. The van der Waals surface area contributed by atoms with Gasteiger partial charge in [0.25, 0.3) is 0 Å². The van der Waals surface area contributed by atoms with Crippen molar-refractivity contribution in [3.63, 3.8) is 0 Å². The summed E-state index contributed by atoms with van der Waals surface area (Å²) in [4.78, 5) is 16.1. The van der Waals surface area contributed by atoms with Crippen molar-refractivity contribution in [3.05, 3.63) is 59.7 Å². The maximum absolute atomic E-state index is 12.1. The lowest BCUT2D eigenvalue weighted by atomic mass is 10.0. The molecule has 0 aliphatic rings. The van der Waals surface area contributed by atoms with Gasteiger partial charge in [-0.05, 0) is 18.6 Å². The van der Waals surface area contributed by atoms with Crippen LogP contribution in [0.15, 0.2) is 48.4 Å². The fraction of sp³-hybridized carbons (Fsp3) is 0.143. The van der Waals surface area contributed by atoms with Gasteiger partial charge in [-0.25, -0.2) is 4.98 Å². The molecule has 2 rings (SSSR count). The number of Topliss-reactive ketones (excluding diaryl/α,β-unsaturated/α-hetero) is 1. The lowest BCUT2D eigenvalue weighted by Crippen LogP contribution is -2.00. The van der Waals surface area contributed by atoms with Crippen molar-refractivity contribution in [1.82, 2.24) is 9.55 Å². The van der Waals surface area contributed by atoms with Crippen LogP contribution in [0.25, 0.3) is 6.08 Å². The van der Waals surface area contributed by atoms with E-state index in [4.69, 9.17) is 0 Å². The van der Waals surface area contributed by atoms with Gasteiger partial charge in [-0.2, -0.15) is 0 Å². The molecule has 0 aliphatic carbocycles. The van der Waals surface area contributed by atoms with E-state index in [9.17, 15) is 4.79 Å². The SMILES string of the molecule is C/C(=C\c1cncn1C)C(=O)c1ccccc1. The molecule has 0 saturated heterocycles. The number of hydrogen-bond acceptors (Lipinski definition) is 2. The van der Waals surface area contributed by atoms with Crippen molar-refractivity contribution in [1.29, 1.82) is 0 Å². The average Bonchev–Trinajstić information content (AvgIpc) is 2.75. The number of aryl methyl sites for hydroxylation is 1. The van der Waals surface area contributed by atoms with Crippen LogP contribution >= 0.6 is 0 Å². The van der Waals surface area contributed by atoms with Gasteiger partial charge in [0.2, 0.25) is 0 Å². The summed E-state index contributed by atoms with van der Waals surface area (Å²) in [6.45, 7) is 1.82. The number of rotatable bonds is 3. The van der Waals surface area contributed by atoms with Crippen LogP contribution in [-0.4, -0.2) is 15.3 Å². The largest absolute Gasteiger partial charge is 0.334 e. The molecule has 2 aromatic rings. The Kier molecular flexibility index (Phi) is 3.19. The van der Waals surface area contributed by atoms with Gasteiger partial charge in [0, 0.05) is 12.6 Å². The molecule has 0 N–H and O–H groups in total. The summed E-state index contributed by atoms with van der Waals surface area (Å²) < 4.78 is 1.88. The normalized spacial score (nSPS) is 11.5. The van der Waals surface area contributed by atoms with Gasteiger partial charge in [0.15, 0.2) is 5.78 Å². The Morgan fingerprint density at radius 1 is 1.29 bits per heavy atom. The summed E-state index contributed by atoms with van der Waals surface area (Å²) in [7, 11) is 1.90. The minimum Gasteiger partial charge on any atom is -0.334 e. The summed E-state index contributed by atoms with van der Waals surface area (Å²) in [5.74, 6) is 0.0480. The number of hydrogen-bond donors (Lipinski definition) is 0. The zero-order valence-electron chi connectivity index (χ0n) is 9.92. The molecule has 0 atom stereocenters. The van der Waals surface area contributed by atoms with Crippen LogP contribution in [0.3, 0.4) is 0 Å². The second-order valence-electron chi connectivity index (χ2n) is 3.95. The fourth-order valence-corrected chi connectivity index (χ4v) is 1.61. The predicted molar refractivity (Wildman–Crippen MR) is 67.6 cm³/mol. The van der Waals surface area contributed by atoms with E-state index in [1.165, 1.54) is 0 Å². The highest BCUT2D eigenvalue weighted by Gasteiger charge is 2.07. The molecule has 0 bridgehead atoms. The smallest absolute Gasteiger partial charge is 0.188 e. The molecule has 0 fully saturated rings.